The van der Waals surface area contributed by atoms with Gasteiger partial charge in [0.2, 0.25) is 0 Å². The minimum absolute atomic E-state index is 0.103. The van der Waals surface area contributed by atoms with Gasteiger partial charge in [0.25, 0.3) is 0 Å². The van der Waals surface area contributed by atoms with Crippen LogP contribution in [-0.2, 0) is 18.1 Å². The molecular formula is C9H15O4P. The van der Waals surface area contributed by atoms with Gasteiger partial charge in [0.15, 0.2) is 0 Å². The minimum Gasteiger partial charge on any atom is -0.283 e. The summed E-state index contributed by atoms with van der Waals surface area (Å²) in [5.41, 5.74) is 0. The van der Waals surface area contributed by atoms with Crippen LogP contribution >= 0.6 is 7.82 Å². The fraction of sp³-hybridized carbons (Fsp3) is 0.333. The standard InChI is InChI=1S/C9H15O4P/c1-4-7-11-14(10,12-8-5-2)13-9-6-3/h4-6H,1-3,7-9H2. The maximum absolute atomic E-state index is 11.7. The predicted molar refractivity (Wildman–Crippen MR) is 56.1 cm³/mol. The number of hydrogen-bond acceptors (Lipinski definition) is 4. The Bertz CT molecular complexity index is 199. The summed E-state index contributed by atoms with van der Waals surface area (Å²) in [7, 11) is -3.48. The van der Waals surface area contributed by atoms with Crippen LogP contribution < -0.4 is 0 Å². The monoisotopic (exact) mass is 218 g/mol. The van der Waals surface area contributed by atoms with Gasteiger partial charge in [-0.25, -0.2) is 4.57 Å². The molecule has 0 unspecified atom stereocenters. The lowest BCUT2D eigenvalue weighted by molar-refractivity contribution is 0.141. The Balaban J connectivity index is 4.15. The summed E-state index contributed by atoms with van der Waals surface area (Å²) in [6, 6.07) is 0. The van der Waals surface area contributed by atoms with Crippen molar-refractivity contribution in [2.45, 2.75) is 0 Å². The van der Waals surface area contributed by atoms with E-state index in [2.05, 4.69) is 19.7 Å². The fourth-order valence-corrected chi connectivity index (χ4v) is 1.63. The molecule has 80 valence electrons. The molecule has 0 aromatic carbocycles. The van der Waals surface area contributed by atoms with Crippen LogP contribution in [0.25, 0.3) is 0 Å². The second-order valence-corrected chi connectivity index (χ2v) is 3.87. The lowest BCUT2D eigenvalue weighted by atomic mass is 10.7. The van der Waals surface area contributed by atoms with Crippen LogP contribution in [0.2, 0.25) is 0 Å². The van der Waals surface area contributed by atoms with Crippen LogP contribution in [-0.4, -0.2) is 19.8 Å². The number of rotatable bonds is 9. The summed E-state index contributed by atoms with van der Waals surface area (Å²) in [6.45, 7) is 10.6. The maximum atomic E-state index is 11.7. The van der Waals surface area contributed by atoms with E-state index in [4.69, 9.17) is 13.6 Å². The molecule has 5 heteroatoms. The molecule has 0 saturated heterocycles. The van der Waals surface area contributed by atoms with Crippen LogP contribution in [0.3, 0.4) is 0 Å². The Labute approximate surface area is 84.5 Å². The molecule has 0 aliphatic rings. The van der Waals surface area contributed by atoms with Gasteiger partial charge in [-0.2, -0.15) is 0 Å². The first-order chi connectivity index (χ1) is 6.68. The smallest absolute Gasteiger partial charge is 0.283 e. The lowest BCUT2D eigenvalue weighted by Crippen LogP contribution is -2.00. The van der Waals surface area contributed by atoms with Crippen molar-refractivity contribution >= 4 is 7.82 Å². The van der Waals surface area contributed by atoms with E-state index in [1.165, 1.54) is 18.2 Å². The third kappa shape index (κ3) is 5.89. The first kappa shape index (κ1) is 13.3. The maximum Gasteiger partial charge on any atom is 0.475 e. The zero-order valence-electron chi connectivity index (χ0n) is 8.05. The summed E-state index contributed by atoms with van der Waals surface area (Å²) in [6.07, 6.45) is 4.38. The zero-order chi connectivity index (χ0) is 10.9. The van der Waals surface area contributed by atoms with Crippen LogP contribution in [0.4, 0.5) is 0 Å². The fourth-order valence-electron chi connectivity index (χ4n) is 0.544. The van der Waals surface area contributed by atoms with Crippen molar-refractivity contribution < 1.29 is 18.1 Å². The molecule has 0 atom stereocenters. The normalized spacial score (nSPS) is 10.9. The van der Waals surface area contributed by atoms with Gasteiger partial charge in [-0.1, -0.05) is 18.2 Å². The number of hydrogen-bond donors (Lipinski definition) is 0. The van der Waals surface area contributed by atoms with E-state index in [1.54, 1.807) is 0 Å². The van der Waals surface area contributed by atoms with E-state index in [0.29, 0.717) is 0 Å². The first-order valence-electron chi connectivity index (χ1n) is 4.05. The van der Waals surface area contributed by atoms with Crippen LogP contribution in [0.5, 0.6) is 0 Å². The SMILES string of the molecule is C=CCOP(=O)(OCC=C)OCC=C. The van der Waals surface area contributed by atoms with Crippen LogP contribution in [0.15, 0.2) is 38.0 Å². The van der Waals surface area contributed by atoms with E-state index >= 15 is 0 Å². The molecule has 0 heterocycles. The molecule has 0 radical (unpaired) electrons. The average Bonchev–Trinajstić information content (AvgIpc) is 2.21. The van der Waals surface area contributed by atoms with E-state index < -0.39 is 7.82 Å². The van der Waals surface area contributed by atoms with Crippen molar-refractivity contribution in [3.63, 3.8) is 0 Å². The van der Waals surface area contributed by atoms with Crippen molar-refractivity contribution in [3.8, 4) is 0 Å². The molecule has 0 aliphatic carbocycles. The molecular weight excluding hydrogens is 203 g/mol. The first-order valence-corrected chi connectivity index (χ1v) is 5.51. The van der Waals surface area contributed by atoms with Gasteiger partial charge in [-0.15, -0.1) is 19.7 Å². The molecule has 0 aromatic heterocycles. The van der Waals surface area contributed by atoms with Crippen LogP contribution in [0.1, 0.15) is 0 Å². The van der Waals surface area contributed by atoms with E-state index in [1.807, 2.05) is 0 Å². The van der Waals surface area contributed by atoms with Crippen molar-refractivity contribution in [2.75, 3.05) is 19.8 Å². The lowest BCUT2D eigenvalue weighted by Gasteiger charge is -2.15. The number of phosphoric ester groups is 1. The Morgan fingerprint density at radius 1 is 0.857 bits per heavy atom. The van der Waals surface area contributed by atoms with E-state index in [9.17, 15) is 4.57 Å². The third-order valence-electron chi connectivity index (χ3n) is 1.05. The summed E-state index contributed by atoms with van der Waals surface area (Å²) in [4.78, 5) is 0. The molecule has 0 aliphatic heterocycles. The highest BCUT2D eigenvalue weighted by Crippen LogP contribution is 2.49. The topological polar surface area (TPSA) is 44.8 Å². The zero-order valence-corrected chi connectivity index (χ0v) is 8.95. The summed E-state index contributed by atoms with van der Waals surface area (Å²) in [5.74, 6) is 0. The highest BCUT2D eigenvalue weighted by molar-refractivity contribution is 7.48. The Hall–Kier alpha value is -0.670. The summed E-state index contributed by atoms with van der Waals surface area (Å²) < 4.78 is 26.3. The molecule has 0 N–H and O–H groups in total. The van der Waals surface area contributed by atoms with Crippen molar-refractivity contribution in [2.24, 2.45) is 0 Å². The molecule has 0 rings (SSSR count). The van der Waals surface area contributed by atoms with Crippen molar-refractivity contribution in [1.29, 1.82) is 0 Å². The molecule has 0 amide bonds. The van der Waals surface area contributed by atoms with Crippen molar-refractivity contribution in [1.82, 2.24) is 0 Å². The van der Waals surface area contributed by atoms with Gasteiger partial charge in [-0.05, 0) is 0 Å². The third-order valence-corrected chi connectivity index (χ3v) is 2.45. The molecule has 0 saturated carbocycles. The molecule has 0 spiro atoms. The second kappa shape index (κ2) is 7.71. The highest BCUT2D eigenvalue weighted by Gasteiger charge is 2.24. The molecule has 14 heavy (non-hydrogen) atoms. The number of phosphoric acid groups is 1. The largest absolute Gasteiger partial charge is 0.475 e. The summed E-state index contributed by atoms with van der Waals surface area (Å²) >= 11 is 0. The van der Waals surface area contributed by atoms with Gasteiger partial charge in [0.1, 0.15) is 0 Å². The van der Waals surface area contributed by atoms with Crippen LogP contribution in [0, 0.1) is 0 Å². The second-order valence-electron chi connectivity index (χ2n) is 2.20. The van der Waals surface area contributed by atoms with Gasteiger partial charge in [-0.3, -0.25) is 13.6 Å². The quantitative estimate of drug-likeness (QED) is 0.441. The predicted octanol–water partition coefficient (Wildman–Crippen LogP) is 2.70. The summed E-state index contributed by atoms with van der Waals surface area (Å²) in [5, 5.41) is 0. The average molecular weight is 218 g/mol. The van der Waals surface area contributed by atoms with E-state index in [0.717, 1.165) is 0 Å². The highest BCUT2D eigenvalue weighted by atomic mass is 31.2. The molecule has 0 bridgehead atoms. The Morgan fingerprint density at radius 3 is 1.36 bits per heavy atom. The van der Waals surface area contributed by atoms with Gasteiger partial charge < -0.3 is 0 Å². The minimum atomic E-state index is -3.48. The molecule has 0 fully saturated rings. The van der Waals surface area contributed by atoms with Gasteiger partial charge >= 0.3 is 7.82 Å². The Kier molecular flexibility index (Phi) is 7.34. The van der Waals surface area contributed by atoms with E-state index in [-0.39, 0.29) is 19.8 Å². The van der Waals surface area contributed by atoms with Crippen molar-refractivity contribution in [3.05, 3.63) is 38.0 Å². The Morgan fingerprint density at radius 2 is 1.14 bits per heavy atom. The van der Waals surface area contributed by atoms with Gasteiger partial charge in [0.05, 0.1) is 19.8 Å². The molecule has 4 nitrogen and oxygen atoms in total. The van der Waals surface area contributed by atoms with Gasteiger partial charge in [0, 0.05) is 0 Å². The molecule has 0 aromatic rings.